The van der Waals surface area contributed by atoms with Crippen molar-refractivity contribution in [2.24, 2.45) is 0 Å². The van der Waals surface area contributed by atoms with Gasteiger partial charge in [0, 0.05) is 12.5 Å². The molecule has 0 saturated carbocycles. The highest BCUT2D eigenvalue weighted by Gasteiger charge is 2.51. The van der Waals surface area contributed by atoms with Crippen LogP contribution in [-0.4, -0.2) is 55.7 Å². The zero-order chi connectivity index (χ0) is 29.3. The first-order valence-corrected chi connectivity index (χ1v) is 13.9. The predicted molar refractivity (Wildman–Crippen MR) is 153 cm³/mol. The fourth-order valence-corrected chi connectivity index (χ4v) is 4.91. The maximum Gasteiger partial charge on any atom is 0.336 e. The topological polar surface area (TPSA) is 102 Å². The molecule has 6 atom stereocenters. The van der Waals surface area contributed by atoms with Crippen molar-refractivity contribution in [1.29, 1.82) is 0 Å². The SMILES string of the molecule is C=C(COC1[C@H]2OC(c3ccccc3)OCC2O[C@H](OCc2ccccc2)[C@@H]1NC(C)=O)C(=O)OCc1ccccc1. The molecular weight excluding hydrogens is 538 g/mol. The summed E-state index contributed by atoms with van der Waals surface area (Å²) in [6.07, 6.45) is -3.51. The Bertz CT molecular complexity index is 1320. The van der Waals surface area contributed by atoms with Gasteiger partial charge in [0.25, 0.3) is 0 Å². The molecule has 2 aliphatic rings. The van der Waals surface area contributed by atoms with Crippen molar-refractivity contribution in [3.63, 3.8) is 0 Å². The third-order valence-electron chi connectivity index (χ3n) is 6.99. The summed E-state index contributed by atoms with van der Waals surface area (Å²) in [7, 11) is 0. The zero-order valence-electron chi connectivity index (χ0n) is 23.4. The van der Waals surface area contributed by atoms with E-state index >= 15 is 0 Å². The number of benzene rings is 3. The number of hydrogen-bond acceptors (Lipinski definition) is 8. The van der Waals surface area contributed by atoms with E-state index in [0.29, 0.717) is 0 Å². The molecule has 0 aliphatic carbocycles. The Labute approximate surface area is 245 Å². The third kappa shape index (κ3) is 7.70. The van der Waals surface area contributed by atoms with E-state index < -0.39 is 42.9 Å². The highest BCUT2D eigenvalue weighted by atomic mass is 16.7. The van der Waals surface area contributed by atoms with E-state index in [-0.39, 0.29) is 37.9 Å². The van der Waals surface area contributed by atoms with Gasteiger partial charge in [-0.05, 0) is 11.1 Å². The monoisotopic (exact) mass is 573 g/mol. The first-order chi connectivity index (χ1) is 20.5. The predicted octanol–water partition coefficient (Wildman–Crippen LogP) is 4.23. The summed E-state index contributed by atoms with van der Waals surface area (Å²) in [5, 5.41) is 2.92. The molecule has 2 aliphatic heterocycles. The van der Waals surface area contributed by atoms with Crippen LogP contribution < -0.4 is 5.32 Å². The molecular formula is C33H35NO8. The summed E-state index contributed by atoms with van der Waals surface area (Å²) in [6.45, 7) is 5.72. The van der Waals surface area contributed by atoms with Gasteiger partial charge in [-0.25, -0.2) is 4.79 Å². The molecule has 0 spiro atoms. The summed E-state index contributed by atoms with van der Waals surface area (Å²) in [6, 6.07) is 27.8. The number of esters is 1. The van der Waals surface area contributed by atoms with Crippen LogP contribution in [0.5, 0.6) is 0 Å². The van der Waals surface area contributed by atoms with Crippen molar-refractivity contribution < 1.29 is 38.0 Å². The Balaban J connectivity index is 1.33. The molecule has 2 heterocycles. The van der Waals surface area contributed by atoms with Crippen LogP contribution in [0.1, 0.15) is 29.9 Å². The Kier molecular flexibility index (Phi) is 10.1. The quantitative estimate of drug-likeness (QED) is 0.269. The molecule has 2 saturated heterocycles. The number of carbonyl (C=O) groups excluding carboxylic acids is 2. The normalized spacial score (nSPS) is 25.2. The lowest BCUT2D eigenvalue weighted by atomic mass is 9.95. The van der Waals surface area contributed by atoms with Gasteiger partial charge >= 0.3 is 5.97 Å². The van der Waals surface area contributed by atoms with Gasteiger partial charge in [-0.2, -0.15) is 0 Å². The molecule has 1 amide bonds. The summed E-state index contributed by atoms with van der Waals surface area (Å²) in [4.78, 5) is 25.1. The lowest BCUT2D eigenvalue weighted by Crippen LogP contribution is -2.67. The Morgan fingerprint density at radius 1 is 0.857 bits per heavy atom. The maximum atomic E-state index is 12.7. The second kappa shape index (κ2) is 14.4. The molecule has 9 heteroatoms. The number of amides is 1. The Hall–Kier alpha value is -3.86. The molecule has 5 rings (SSSR count). The maximum absolute atomic E-state index is 12.7. The Morgan fingerprint density at radius 3 is 2.12 bits per heavy atom. The van der Waals surface area contributed by atoms with Crippen molar-refractivity contribution in [2.45, 2.75) is 57.1 Å². The van der Waals surface area contributed by atoms with E-state index in [0.717, 1.165) is 16.7 Å². The number of carbonyl (C=O) groups is 2. The van der Waals surface area contributed by atoms with E-state index in [1.165, 1.54) is 6.92 Å². The minimum Gasteiger partial charge on any atom is -0.457 e. The highest BCUT2D eigenvalue weighted by Crippen LogP contribution is 2.36. The molecule has 0 bridgehead atoms. The van der Waals surface area contributed by atoms with E-state index in [2.05, 4.69) is 11.9 Å². The van der Waals surface area contributed by atoms with Crippen molar-refractivity contribution in [3.8, 4) is 0 Å². The lowest BCUT2D eigenvalue weighted by molar-refractivity contribution is -0.349. The summed E-state index contributed by atoms with van der Waals surface area (Å²) in [5.74, 6) is -0.873. The van der Waals surface area contributed by atoms with Crippen LogP contribution in [0.25, 0.3) is 0 Å². The first kappa shape index (κ1) is 29.6. The van der Waals surface area contributed by atoms with Gasteiger partial charge in [-0.15, -0.1) is 0 Å². The van der Waals surface area contributed by atoms with Gasteiger partial charge in [-0.1, -0.05) is 97.6 Å². The van der Waals surface area contributed by atoms with Gasteiger partial charge in [0.1, 0.15) is 31.0 Å². The Morgan fingerprint density at radius 2 is 1.48 bits per heavy atom. The first-order valence-electron chi connectivity index (χ1n) is 13.9. The van der Waals surface area contributed by atoms with Gasteiger partial charge in [0.15, 0.2) is 12.6 Å². The fraction of sp³-hybridized carbons (Fsp3) is 0.333. The molecule has 0 aromatic heterocycles. The molecule has 0 radical (unpaired) electrons. The minimum atomic E-state index is -0.876. The van der Waals surface area contributed by atoms with E-state index in [9.17, 15) is 9.59 Å². The van der Waals surface area contributed by atoms with Crippen LogP contribution in [0.2, 0.25) is 0 Å². The van der Waals surface area contributed by atoms with Crippen LogP contribution in [-0.2, 0) is 51.2 Å². The van der Waals surface area contributed by atoms with Crippen molar-refractivity contribution in [1.82, 2.24) is 5.32 Å². The molecule has 1 N–H and O–H groups in total. The standard InChI is InChI=1S/C33H35NO8/c1-22(31(36)38-19-24-12-6-3-7-13-24)18-37-30-28(34-23(2)35)33(39-20-25-14-8-4-9-15-25)41-27-21-40-32(42-29(27)30)26-16-10-5-11-17-26/h3-17,27-30,32-33H,1,18-21H2,2H3,(H,34,35)/t27?,28-,29+,30?,32?,33+/m1/s1. The van der Waals surface area contributed by atoms with E-state index in [1.54, 1.807) is 0 Å². The summed E-state index contributed by atoms with van der Waals surface area (Å²) in [5.41, 5.74) is 2.77. The third-order valence-corrected chi connectivity index (χ3v) is 6.99. The molecule has 3 unspecified atom stereocenters. The minimum absolute atomic E-state index is 0.115. The van der Waals surface area contributed by atoms with Gasteiger partial charge < -0.3 is 33.7 Å². The van der Waals surface area contributed by atoms with Gasteiger partial charge in [0.2, 0.25) is 5.91 Å². The van der Waals surface area contributed by atoms with Crippen LogP contribution in [0.15, 0.2) is 103 Å². The number of fused-ring (bicyclic) bond motifs is 1. The number of ether oxygens (including phenoxy) is 6. The number of nitrogens with one attached hydrogen (secondary N) is 1. The summed E-state index contributed by atoms with van der Waals surface area (Å²) >= 11 is 0. The molecule has 42 heavy (non-hydrogen) atoms. The second-order valence-corrected chi connectivity index (χ2v) is 10.2. The van der Waals surface area contributed by atoms with Crippen LogP contribution >= 0.6 is 0 Å². The molecule has 3 aromatic rings. The van der Waals surface area contributed by atoms with Crippen molar-refractivity contribution in [2.75, 3.05) is 13.2 Å². The molecule has 3 aromatic carbocycles. The fourth-order valence-electron chi connectivity index (χ4n) is 4.91. The average Bonchev–Trinajstić information content (AvgIpc) is 3.03. The molecule has 220 valence electrons. The van der Waals surface area contributed by atoms with Crippen LogP contribution in [0.4, 0.5) is 0 Å². The van der Waals surface area contributed by atoms with Crippen molar-refractivity contribution >= 4 is 11.9 Å². The van der Waals surface area contributed by atoms with Crippen LogP contribution in [0.3, 0.4) is 0 Å². The molecule has 9 nitrogen and oxygen atoms in total. The van der Waals surface area contributed by atoms with E-state index in [1.807, 2.05) is 91.0 Å². The van der Waals surface area contributed by atoms with E-state index in [4.69, 9.17) is 28.4 Å². The van der Waals surface area contributed by atoms with Crippen LogP contribution in [0, 0.1) is 0 Å². The highest BCUT2D eigenvalue weighted by molar-refractivity contribution is 5.87. The molecule has 2 fully saturated rings. The van der Waals surface area contributed by atoms with Gasteiger partial charge in [-0.3, -0.25) is 4.79 Å². The average molecular weight is 574 g/mol. The number of hydrogen-bond donors (Lipinski definition) is 1. The summed E-state index contributed by atoms with van der Waals surface area (Å²) < 4.78 is 36.6. The van der Waals surface area contributed by atoms with Crippen molar-refractivity contribution in [3.05, 3.63) is 120 Å². The largest absolute Gasteiger partial charge is 0.457 e. The van der Waals surface area contributed by atoms with Gasteiger partial charge in [0.05, 0.1) is 25.4 Å². The smallest absolute Gasteiger partial charge is 0.336 e. The number of rotatable bonds is 11. The second-order valence-electron chi connectivity index (χ2n) is 10.2. The lowest BCUT2D eigenvalue weighted by Gasteiger charge is -2.49. The zero-order valence-corrected chi connectivity index (χ0v) is 23.4.